The Hall–Kier alpha value is -3.04. The molecule has 0 spiro atoms. The molecule has 0 bridgehead atoms. The van der Waals surface area contributed by atoms with Gasteiger partial charge in [0, 0.05) is 19.2 Å². The molecule has 2 aromatic carbocycles. The quantitative estimate of drug-likeness (QED) is 0.502. The number of carbonyl (C=O) groups excluding carboxylic acids is 1. The monoisotopic (exact) mass is 432 g/mol. The van der Waals surface area contributed by atoms with Crippen LogP contribution in [0.3, 0.4) is 0 Å². The van der Waals surface area contributed by atoms with Crippen LogP contribution in [-0.2, 0) is 21.4 Å². The van der Waals surface area contributed by atoms with Gasteiger partial charge in [0.05, 0.1) is 16.0 Å². The fourth-order valence-electron chi connectivity index (χ4n) is 2.87. The second-order valence-electron chi connectivity index (χ2n) is 6.35. The number of ether oxygens (including phenoxy) is 1. The van der Waals surface area contributed by atoms with Crippen LogP contribution in [0.5, 0.6) is 0 Å². The van der Waals surface area contributed by atoms with Crippen LogP contribution in [0.15, 0.2) is 64.0 Å². The molecule has 1 heterocycles. The average Bonchev–Trinajstić information content (AvgIpc) is 3.22. The van der Waals surface area contributed by atoms with E-state index < -0.39 is 21.8 Å². The maximum atomic E-state index is 13.8. The van der Waals surface area contributed by atoms with Crippen molar-refractivity contribution in [2.24, 2.45) is 0 Å². The molecule has 0 atom stereocenters. The van der Waals surface area contributed by atoms with Gasteiger partial charge in [-0.05, 0) is 36.4 Å². The predicted octanol–water partition coefficient (Wildman–Crippen LogP) is 3.87. The van der Waals surface area contributed by atoms with Crippen LogP contribution in [0, 0.1) is 5.82 Å². The molecule has 30 heavy (non-hydrogen) atoms. The molecule has 0 aliphatic carbocycles. The summed E-state index contributed by atoms with van der Waals surface area (Å²) in [6.45, 7) is 4.06. The smallest absolute Gasteiger partial charge is 0.338 e. The third-order valence-electron chi connectivity index (χ3n) is 4.48. The fraction of sp³-hybridized carbons (Fsp3) is 0.238. The number of halogens is 1. The van der Waals surface area contributed by atoms with Crippen LogP contribution in [0.25, 0.3) is 11.3 Å². The zero-order valence-corrected chi connectivity index (χ0v) is 17.4. The molecule has 158 valence electrons. The zero-order valence-electron chi connectivity index (χ0n) is 16.5. The molecular formula is C21H21FN2O5S. The van der Waals surface area contributed by atoms with Crippen molar-refractivity contribution in [1.82, 2.24) is 9.46 Å². The maximum Gasteiger partial charge on any atom is 0.338 e. The zero-order chi connectivity index (χ0) is 21.7. The minimum atomic E-state index is -3.60. The van der Waals surface area contributed by atoms with Gasteiger partial charge in [-0.15, -0.1) is 0 Å². The van der Waals surface area contributed by atoms with Crippen molar-refractivity contribution in [2.45, 2.75) is 25.3 Å². The van der Waals surface area contributed by atoms with E-state index >= 15 is 0 Å². The number of rotatable bonds is 8. The lowest BCUT2D eigenvalue weighted by Crippen LogP contribution is -2.30. The summed E-state index contributed by atoms with van der Waals surface area (Å²) in [6.07, 6.45) is 0. The van der Waals surface area contributed by atoms with Crippen LogP contribution >= 0.6 is 0 Å². The summed E-state index contributed by atoms with van der Waals surface area (Å²) in [5, 5.41) is 3.78. The first-order valence-electron chi connectivity index (χ1n) is 9.34. The third-order valence-corrected chi connectivity index (χ3v) is 6.55. The largest absolute Gasteiger partial charge is 0.455 e. The summed E-state index contributed by atoms with van der Waals surface area (Å²) in [5.41, 5.74) is 0.779. The van der Waals surface area contributed by atoms with E-state index in [-0.39, 0.29) is 28.4 Å². The van der Waals surface area contributed by atoms with Gasteiger partial charge in [0.15, 0.2) is 5.76 Å². The highest BCUT2D eigenvalue weighted by atomic mass is 32.2. The van der Waals surface area contributed by atoms with Crippen LogP contribution < -0.4 is 0 Å². The average molecular weight is 432 g/mol. The molecule has 0 aliphatic heterocycles. The van der Waals surface area contributed by atoms with Crippen molar-refractivity contribution < 1.29 is 26.9 Å². The van der Waals surface area contributed by atoms with Crippen molar-refractivity contribution in [3.05, 3.63) is 71.7 Å². The normalized spacial score (nSPS) is 11.6. The van der Waals surface area contributed by atoms with E-state index in [1.54, 1.807) is 32.0 Å². The highest BCUT2D eigenvalue weighted by molar-refractivity contribution is 7.89. The molecule has 0 fully saturated rings. The van der Waals surface area contributed by atoms with Gasteiger partial charge in [0.1, 0.15) is 18.1 Å². The van der Waals surface area contributed by atoms with Gasteiger partial charge < -0.3 is 9.26 Å². The first-order valence-corrected chi connectivity index (χ1v) is 10.8. The highest BCUT2D eigenvalue weighted by Gasteiger charge is 2.22. The van der Waals surface area contributed by atoms with Gasteiger partial charge in [-0.3, -0.25) is 0 Å². The number of benzene rings is 2. The van der Waals surface area contributed by atoms with E-state index in [9.17, 15) is 17.6 Å². The molecule has 1 aromatic heterocycles. The summed E-state index contributed by atoms with van der Waals surface area (Å²) in [5.74, 6) is -0.862. The van der Waals surface area contributed by atoms with Gasteiger partial charge in [-0.25, -0.2) is 17.6 Å². The lowest BCUT2D eigenvalue weighted by atomic mass is 10.1. The molecule has 0 unspecified atom stereocenters. The number of hydrogen-bond donors (Lipinski definition) is 0. The summed E-state index contributed by atoms with van der Waals surface area (Å²) < 4.78 is 50.4. The number of sulfonamides is 1. The first kappa shape index (κ1) is 21.7. The highest BCUT2D eigenvalue weighted by Crippen LogP contribution is 2.23. The Morgan fingerprint density at radius 1 is 1.10 bits per heavy atom. The Kier molecular flexibility index (Phi) is 6.63. The molecular weight excluding hydrogens is 411 g/mol. The molecule has 7 nitrogen and oxygen atoms in total. The van der Waals surface area contributed by atoms with Crippen LogP contribution in [0.2, 0.25) is 0 Å². The van der Waals surface area contributed by atoms with Gasteiger partial charge >= 0.3 is 5.97 Å². The van der Waals surface area contributed by atoms with Crippen molar-refractivity contribution >= 4 is 16.0 Å². The van der Waals surface area contributed by atoms with Crippen molar-refractivity contribution in [2.75, 3.05) is 13.1 Å². The summed E-state index contributed by atoms with van der Waals surface area (Å²) in [4.78, 5) is 12.4. The third kappa shape index (κ3) is 4.58. The molecule has 3 aromatic rings. The Labute approximate surface area is 174 Å². The van der Waals surface area contributed by atoms with Gasteiger partial charge in [-0.2, -0.15) is 4.31 Å². The van der Waals surface area contributed by atoms with E-state index in [0.29, 0.717) is 18.8 Å². The summed E-state index contributed by atoms with van der Waals surface area (Å²) >= 11 is 0. The molecule has 3 rings (SSSR count). The van der Waals surface area contributed by atoms with Gasteiger partial charge in [-0.1, -0.05) is 31.1 Å². The van der Waals surface area contributed by atoms with Crippen LogP contribution in [0.1, 0.15) is 29.9 Å². The van der Waals surface area contributed by atoms with Crippen molar-refractivity contribution in [3.63, 3.8) is 0 Å². The Bertz CT molecular complexity index is 1120. The van der Waals surface area contributed by atoms with E-state index in [2.05, 4.69) is 5.16 Å². The number of nitrogens with zero attached hydrogens (tertiary/aromatic N) is 2. The number of carbonyl (C=O) groups is 1. The Morgan fingerprint density at radius 3 is 2.40 bits per heavy atom. The predicted molar refractivity (Wildman–Crippen MR) is 108 cm³/mol. The lowest BCUT2D eigenvalue weighted by molar-refractivity contribution is 0.0464. The van der Waals surface area contributed by atoms with Crippen LogP contribution in [-0.4, -0.2) is 36.9 Å². The number of esters is 1. The standard InChI is InChI=1S/C21H21FN2O5S/c1-3-24(4-2)30(26,27)17-11-9-15(10-12-17)21(25)28-14-16-13-20(29-23-16)18-7-5-6-8-19(18)22/h5-13H,3-4,14H2,1-2H3. The molecule has 0 radical (unpaired) electrons. The molecule has 9 heteroatoms. The Balaban J connectivity index is 1.65. The van der Waals surface area contributed by atoms with E-state index in [4.69, 9.17) is 9.26 Å². The molecule has 0 amide bonds. The Morgan fingerprint density at radius 2 is 1.77 bits per heavy atom. The van der Waals surface area contributed by atoms with Gasteiger partial charge in [0.2, 0.25) is 10.0 Å². The summed E-state index contributed by atoms with van der Waals surface area (Å²) in [7, 11) is -3.60. The maximum absolute atomic E-state index is 13.8. The number of hydrogen-bond acceptors (Lipinski definition) is 6. The topological polar surface area (TPSA) is 89.7 Å². The molecule has 0 N–H and O–H groups in total. The molecule has 0 aliphatic rings. The van der Waals surface area contributed by atoms with E-state index in [0.717, 1.165) is 0 Å². The van der Waals surface area contributed by atoms with Crippen molar-refractivity contribution in [1.29, 1.82) is 0 Å². The van der Waals surface area contributed by atoms with E-state index in [1.165, 1.54) is 40.7 Å². The fourth-order valence-corrected chi connectivity index (χ4v) is 4.32. The SMILES string of the molecule is CCN(CC)S(=O)(=O)c1ccc(C(=O)OCc2cc(-c3ccccc3F)on2)cc1. The lowest BCUT2D eigenvalue weighted by Gasteiger charge is -2.18. The summed E-state index contributed by atoms with van der Waals surface area (Å²) in [6, 6.07) is 13.1. The second kappa shape index (κ2) is 9.19. The van der Waals surface area contributed by atoms with E-state index in [1.807, 2.05) is 0 Å². The molecule has 0 saturated heterocycles. The minimum absolute atomic E-state index is 0.105. The number of aromatic nitrogens is 1. The van der Waals surface area contributed by atoms with Gasteiger partial charge in [0.25, 0.3) is 0 Å². The van der Waals surface area contributed by atoms with Crippen molar-refractivity contribution in [3.8, 4) is 11.3 Å². The minimum Gasteiger partial charge on any atom is -0.455 e. The molecule has 0 saturated carbocycles. The second-order valence-corrected chi connectivity index (χ2v) is 8.29. The van der Waals surface area contributed by atoms with Crippen LogP contribution in [0.4, 0.5) is 4.39 Å². The first-order chi connectivity index (χ1) is 14.4.